The first-order valence-corrected chi connectivity index (χ1v) is 8.96. The molecule has 0 amide bonds. The maximum Gasteiger partial charge on any atom is 0.238 e. The smallest absolute Gasteiger partial charge is 0.238 e. The van der Waals surface area contributed by atoms with E-state index in [0.717, 1.165) is 18.5 Å². The van der Waals surface area contributed by atoms with Gasteiger partial charge in [0.15, 0.2) is 0 Å². The van der Waals surface area contributed by atoms with Gasteiger partial charge in [0.25, 0.3) is 0 Å². The number of primary sulfonamides is 1. The lowest BCUT2D eigenvalue weighted by molar-refractivity contribution is 0.593. The maximum atomic E-state index is 11.7. The highest BCUT2D eigenvalue weighted by molar-refractivity contribution is 7.89. The van der Waals surface area contributed by atoms with Gasteiger partial charge >= 0.3 is 0 Å². The first kappa shape index (κ1) is 15.1. The summed E-state index contributed by atoms with van der Waals surface area (Å²) in [4.78, 5) is 2.57. The van der Waals surface area contributed by atoms with Crippen LogP contribution >= 0.6 is 0 Å². The highest BCUT2D eigenvalue weighted by Gasteiger charge is 2.24. The molecule has 0 aromatic heterocycles. The van der Waals surface area contributed by atoms with Crippen molar-refractivity contribution in [1.82, 2.24) is 0 Å². The third-order valence-corrected chi connectivity index (χ3v) is 5.26. The Hall–Kier alpha value is -1.85. The number of benzene rings is 2. The molecule has 22 heavy (non-hydrogen) atoms. The van der Waals surface area contributed by atoms with Crippen LogP contribution in [0.2, 0.25) is 0 Å². The third kappa shape index (κ3) is 2.87. The second-order valence-electron chi connectivity index (χ2n) is 5.78. The first-order valence-electron chi connectivity index (χ1n) is 7.42. The van der Waals surface area contributed by atoms with E-state index in [1.54, 1.807) is 12.1 Å². The van der Waals surface area contributed by atoms with Crippen molar-refractivity contribution in [2.75, 3.05) is 11.4 Å². The van der Waals surface area contributed by atoms with E-state index in [1.807, 2.05) is 18.2 Å². The van der Waals surface area contributed by atoms with Gasteiger partial charge in [-0.2, -0.15) is 0 Å². The molecule has 1 aliphatic heterocycles. The Morgan fingerprint density at radius 3 is 2.59 bits per heavy atom. The maximum absolute atomic E-state index is 11.7. The molecule has 2 aromatic carbocycles. The summed E-state index contributed by atoms with van der Waals surface area (Å²) < 4.78 is 23.4. The number of fused-ring (bicyclic) bond motifs is 1. The predicted octanol–water partition coefficient (Wildman–Crippen LogP) is 2.33. The first-order chi connectivity index (χ1) is 10.5. The van der Waals surface area contributed by atoms with E-state index >= 15 is 0 Å². The van der Waals surface area contributed by atoms with Crippen LogP contribution in [0.25, 0.3) is 0 Å². The SMILES string of the molecule is CC(Cc1ccccc1S(N)(=O)=O)N1CCc2ccccc21. The van der Waals surface area contributed by atoms with Crippen LogP contribution in [0, 0.1) is 0 Å². The van der Waals surface area contributed by atoms with Crippen molar-refractivity contribution in [3.8, 4) is 0 Å². The van der Waals surface area contributed by atoms with Gasteiger partial charge in [0.05, 0.1) is 4.90 Å². The molecule has 1 aliphatic rings. The summed E-state index contributed by atoms with van der Waals surface area (Å²) in [6.07, 6.45) is 1.69. The fraction of sp³-hybridized carbons (Fsp3) is 0.294. The van der Waals surface area contributed by atoms with Crippen LogP contribution in [0.1, 0.15) is 18.1 Å². The van der Waals surface area contributed by atoms with Gasteiger partial charge in [-0.25, -0.2) is 13.6 Å². The van der Waals surface area contributed by atoms with Gasteiger partial charge < -0.3 is 4.90 Å². The summed E-state index contributed by atoms with van der Waals surface area (Å²) in [5, 5.41) is 5.32. The number of hydrogen-bond donors (Lipinski definition) is 1. The molecule has 1 heterocycles. The van der Waals surface area contributed by atoms with Gasteiger partial charge in [0, 0.05) is 18.3 Å². The molecule has 2 aromatic rings. The number of para-hydroxylation sites is 1. The molecule has 0 saturated heterocycles. The van der Waals surface area contributed by atoms with Crippen molar-refractivity contribution < 1.29 is 8.42 Å². The standard InChI is InChI=1S/C17H20N2O2S/c1-13(19-11-10-14-6-2-4-8-16(14)19)12-15-7-3-5-9-17(15)22(18,20)21/h2-9,13H,10-12H2,1H3,(H2,18,20,21). The van der Waals surface area contributed by atoms with Crippen LogP contribution in [0.5, 0.6) is 0 Å². The highest BCUT2D eigenvalue weighted by Crippen LogP contribution is 2.30. The van der Waals surface area contributed by atoms with Gasteiger partial charge in [-0.15, -0.1) is 0 Å². The van der Waals surface area contributed by atoms with Crippen molar-refractivity contribution in [3.05, 3.63) is 59.7 Å². The summed E-state index contributed by atoms with van der Waals surface area (Å²) in [5.41, 5.74) is 3.39. The average molecular weight is 316 g/mol. The second-order valence-corrected chi connectivity index (χ2v) is 7.31. The summed E-state index contributed by atoms with van der Waals surface area (Å²) in [5.74, 6) is 0. The van der Waals surface area contributed by atoms with Crippen molar-refractivity contribution in [2.24, 2.45) is 5.14 Å². The Labute approximate surface area is 131 Å². The number of nitrogens with two attached hydrogens (primary N) is 1. The second kappa shape index (κ2) is 5.74. The van der Waals surface area contributed by atoms with Crippen molar-refractivity contribution >= 4 is 15.7 Å². The van der Waals surface area contributed by atoms with E-state index in [2.05, 4.69) is 30.0 Å². The molecule has 0 radical (unpaired) electrons. The molecular weight excluding hydrogens is 296 g/mol. The topological polar surface area (TPSA) is 63.4 Å². The van der Waals surface area contributed by atoms with Gasteiger partial charge in [-0.1, -0.05) is 36.4 Å². The molecule has 5 heteroatoms. The number of nitrogens with zero attached hydrogens (tertiary/aromatic N) is 1. The molecule has 1 atom stereocenters. The quantitative estimate of drug-likeness (QED) is 0.941. The fourth-order valence-electron chi connectivity index (χ4n) is 3.20. The molecular formula is C17H20N2O2S. The van der Waals surface area contributed by atoms with Gasteiger partial charge in [-0.05, 0) is 43.0 Å². The zero-order chi connectivity index (χ0) is 15.7. The minimum Gasteiger partial charge on any atom is -0.368 e. The summed E-state index contributed by atoms with van der Waals surface area (Å²) in [7, 11) is -3.68. The Kier molecular flexibility index (Phi) is 3.93. The summed E-state index contributed by atoms with van der Waals surface area (Å²) in [6.45, 7) is 3.10. The lowest BCUT2D eigenvalue weighted by Gasteiger charge is -2.28. The lowest BCUT2D eigenvalue weighted by atomic mass is 10.1. The van der Waals surface area contributed by atoms with E-state index in [9.17, 15) is 8.42 Å². The molecule has 0 saturated carbocycles. The fourth-order valence-corrected chi connectivity index (χ4v) is 3.99. The minimum absolute atomic E-state index is 0.214. The normalized spacial score (nSPS) is 15.6. The van der Waals surface area contributed by atoms with Crippen molar-refractivity contribution in [2.45, 2.75) is 30.7 Å². The molecule has 2 N–H and O–H groups in total. The van der Waals surface area contributed by atoms with Gasteiger partial charge in [0.1, 0.15) is 0 Å². The Morgan fingerprint density at radius 1 is 1.14 bits per heavy atom. The van der Waals surface area contributed by atoms with Gasteiger partial charge in [0.2, 0.25) is 10.0 Å². The van der Waals surface area contributed by atoms with Crippen LogP contribution in [0.4, 0.5) is 5.69 Å². The predicted molar refractivity (Wildman–Crippen MR) is 88.5 cm³/mol. The largest absolute Gasteiger partial charge is 0.368 e. The Balaban J connectivity index is 1.86. The van der Waals surface area contributed by atoms with Gasteiger partial charge in [-0.3, -0.25) is 0 Å². The Morgan fingerprint density at radius 2 is 1.82 bits per heavy atom. The number of hydrogen-bond acceptors (Lipinski definition) is 3. The van der Waals surface area contributed by atoms with Crippen molar-refractivity contribution in [1.29, 1.82) is 0 Å². The highest BCUT2D eigenvalue weighted by atomic mass is 32.2. The van der Waals surface area contributed by atoms with Crippen LogP contribution in [0.3, 0.4) is 0 Å². The molecule has 116 valence electrons. The zero-order valence-electron chi connectivity index (χ0n) is 12.6. The van der Waals surface area contributed by atoms with Crippen LogP contribution in [0.15, 0.2) is 53.4 Å². The number of anilines is 1. The number of sulfonamides is 1. The van der Waals surface area contributed by atoms with E-state index in [-0.39, 0.29) is 10.9 Å². The van der Waals surface area contributed by atoms with E-state index in [0.29, 0.717) is 6.42 Å². The lowest BCUT2D eigenvalue weighted by Crippen LogP contribution is -2.33. The number of rotatable bonds is 4. The molecule has 4 nitrogen and oxygen atoms in total. The van der Waals surface area contributed by atoms with Crippen LogP contribution < -0.4 is 10.0 Å². The minimum atomic E-state index is -3.68. The molecule has 0 aliphatic carbocycles. The van der Waals surface area contributed by atoms with Crippen LogP contribution in [-0.4, -0.2) is 21.0 Å². The zero-order valence-corrected chi connectivity index (χ0v) is 13.4. The van der Waals surface area contributed by atoms with Crippen LogP contribution in [-0.2, 0) is 22.9 Å². The third-order valence-electron chi connectivity index (χ3n) is 4.25. The summed E-state index contributed by atoms with van der Waals surface area (Å²) >= 11 is 0. The molecule has 0 bridgehead atoms. The molecule has 0 spiro atoms. The van der Waals surface area contributed by atoms with Crippen molar-refractivity contribution in [3.63, 3.8) is 0 Å². The Bertz CT molecular complexity index is 787. The molecule has 3 rings (SSSR count). The average Bonchev–Trinajstić information content (AvgIpc) is 2.90. The molecule has 0 fully saturated rings. The summed E-state index contributed by atoms with van der Waals surface area (Å²) in [6, 6.07) is 15.6. The monoisotopic (exact) mass is 316 g/mol. The van der Waals surface area contributed by atoms with E-state index < -0.39 is 10.0 Å². The van der Waals surface area contributed by atoms with E-state index in [1.165, 1.54) is 11.3 Å². The van der Waals surface area contributed by atoms with E-state index in [4.69, 9.17) is 5.14 Å². The molecule has 1 unspecified atom stereocenters.